The number of rotatable bonds is 18. The molecule has 2 amide bonds. The average molecular weight is 659 g/mol. The number of ether oxygens (including phenoxy) is 7. The molecule has 3 aromatic rings. The lowest BCUT2D eigenvalue weighted by molar-refractivity contribution is -0.0116. The number of carbonyl (C=O) groups excluding carboxylic acids is 1. The second-order valence-corrected chi connectivity index (χ2v) is 10.7. The average Bonchev–Trinajstić information content (AvgIpc) is 3.55. The molecule has 256 valence electrons. The van der Waals surface area contributed by atoms with E-state index >= 15 is 0 Å². The molecule has 2 N–H and O–H groups in total. The largest absolute Gasteiger partial charge is 0.467 e. The normalized spacial score (nSPS) is 13.3. The van der Waals surface area contributed by atoms with E-state index in [1.165, 1.54) is 11.0 Å². The molecule has 0 aliphatic carbocycles. The van der Waals surface area contributed by atoms with Crippen molar-refractivity contribution in [3.05, 3.63) is 48.2 Å². The molecule has 1 fully saturated rings. The van der Waals surface area contributed by atoms with Gasteiger partial charge in [-0.15, -0.1) is 0 Å². The summed E-state index contributed by atoms with van der Waals surface area (Å²) in [6.07, 6.45) is 0.00979. The van der Waals surface area contributed by atoms with Gasteiger partial charge in [-0.2, -0.15) is 0 Å². The third-order valence-corrected chi connectivity index (χ3v) is 7.18. The maximum absolute atomic E-state index is 13.1. The van der Waals surface area contributed by atoms with E-state index in [0.717, 1.165) is 5.69 Å². The highest BCUT2D eigenvalue weighted by Crippen LogP contribution is 2.44. The fraction of sp³-hybridized carbons (Fsp3) is 0.469. The van der Waals surface area contributed by atoms with Gasteiger partial charge in [0.15, 0.2) is 25.0 Å². The van der Waals surface area contributed by atoms with Gasteiger partial charge in [0, 0.05) is 71.3 Å². The molecular formula is C32H42N4O11. The van der Waals surface area contributed by atoms with Crippen molar-refractivity contribution >= 4 is 17.7 Å². The minimum absolute atomic E-state index is 0.0381. The van der Waals surface area contributed by atoms with Gasteiger partial charge in [0.25, 0.3) is 5.91 Å². The maximum Gasteiger partial charge on any atom is 0.407 e. The summed E-state index contributed by atoms with van der Waals surface area (Å²) in [5.74, 6) is 1.23. The van der Waals surface area contributed by atoms with Crippen molar-refractivity contribution in [2.75, 3.05) is 86.3 Å². The Morgan fingerprint density at radius 3 is 2.17 bits per heavy atom. The maximum atomic E-state index is 13.1. The molecule has 2 aromatic carbocycles. The van der Waals surface area contributed by atoms with E-state index in [1.54, 1.807) is 26.4 Å². The van der Waals surface area contributed by atoms with Gasteiger partial charge in [0.05, 0.1) is 26.4 Å². The van der Waals surface area contributed by atoms with E-state index in [1.807, 2.05) is 43.3 Å². The zero-order valence-corrected chi connectivity index (χ0v) is 27.1. The van der Waals surface area contributed by atoms with Crippen molar-refractivity contribution < 1.29 is 52.4 Å². The van der Waals surface area contributed by atoms with E-state index < -0.39 is 12.0 Å². The summed E-state index contributed by atoms with van der Waals surface area (Å²) in [5, 5.41) is 16.2. The van der Waals surface area contributed by atoms with Gasteiger partial charge in [-0.25, -0.2) is 4.79 Å². The summed E-state index contributed by atoms with van der Waals surface area (Å²) in [6, 6.07) is 12.1. The molecule has 4 rings (SSSR count). The van der Waals surface area contributed by atoms with E-state index in [-0.39, 0.29) is 36.8 Å². The van der Waals surface area contributed by atoms with Crippen LogP contribution in [-0.4, -0.2) is 115 Å². The quantitative estimate of drug-likeness (QED) is 0.149. The predicted molar refractivity (Wildman–Crippen MR) is 170 cm³/mol. The Hall–Kier alpha value is -4.57. The molecule has 0 radical (unpaired) electrons. The summed E-state index contributed by atoms with van der Waals surface area (Å²) in [4.78, 5) is 27.7. The lowest BCUT2D eigenvalue weighted by Crippen LogP contribution is -2.46. The number of nitrogens with one attached hydrogen (secondary N) is 1. The summed E-state index contributed by atoms with van der Waals surface area (Å²) in [5.41, 5.74) is 1.39. The first kappa shape index (κ1) is 35.3. The molecule has 0 spiro atoms. The first-order valence-corrected chi connectivity index (χ1v) is 15.1. The summed E-state index contributed by atoms with van der Waals surface area (Å²) in [6.45, 7) is 1.92. The predicted octanol–water partition coefficient (Wildman–Crippen LogP) is 4.07. The minimum atomic E-state index is -0.972. The summed E-state index contributed by atoms with van der Waals surface area (Å²) in [7, 11) is 7.04. The molecule has 1 aromatic heterocycles. The molecule has 2 heterocycles. The molecule has 0 bridgehead atoms. The number of nitrogens with zero attached hydrogens (tertiary/aromatic N) is 3. The molecule has 0 saturated carbocycles. The lowest BCUT2D eigenvalue weighted by Gasteiger charge is -2.30. The van der Waals surface area contributed by atoms with Crippen molar-refractivity contribution in [1.29, 1.82) is 0 Å². The molecule has 0 unspecified atom stereocenters. The molecule has 1 saturated heterocycles. The van der Waals surface area contributed by atoms with Crippen LogP contribution in [0.5, 0.6) is 23.0 Å². The number of piperidine rings is 1. The van der Waals surface area contributed by atoms with E-state index in [4.69, 9.17) is 37.7 Å². The third kappa shape index (κ3) is 10.5. The summed E-state index contributed by atoms with van der Waals surface area (Å²) < 4.78 is 45.0. The highest BCUT2D eigenvalue weighted by molar-refractivity contribution is 5.93. The van der Waals surface area contributed by atoms with Gasteiger partial charge in [-0.3, -0.25) is 4.79 Å². The Morgan fingerprint density at radius 2 is 1.55 bits per heavy atom. The van der Waals surface area contributed by atoms with E-state index in [0.29, 0.717) is 75.2 Å². The van der Waals surface area contributed by atoms with Crippen molar-refractivity contribution in [3.63, 3.8) is 0 Å². The molecule has 15 heteroatoms. The van der Waals surface area contributed by atoms with Crippen LogP contribution in [-0.2, 0) is 18.9 Å². The van der Waals surface area contributed by atoms with Gasteiger partial charge in [0.2, 0.25) is 0 Å². The van der Waals surface area contributed by atoms with Gasteiger partial charge in [-0.05, 0) is 37.1 Å². The van der Waals surface area contributed by atoms with Crippen LogP contribution in [0, 0.1) is 0 Å². The second kappa shape index (κ2) is 17.9. The van der Waals surface area contributed by atoms with Gasteiger partial charge < -0.3 is 57.9 Å². The van der Waals surface area contributed by atoms with Crippen LogP contribution >= 0.6 is 0 Å². The molecule has 15 nitrogen and oxygen atoms in total. The van der Waals surface area contributed by atoms with Crippen LogP contribution in [0.3, 0.4) is 0 Å². The third-order valence-electron chi connectivity index (χ3n) is 7.18. The fourth-order valence-corrected chi connectivity index (χ4v) is 4.62. The van der Waals surface area contributed by atoms with Gasteiger partial charge in [0.1, 0.15) is 28.6 Å². The number of hydrogen-bond donors (Lipinski definition) is 2. The Morgan fingerprint density at radius 1 is 0.915 bits per heavy atom. The van der Waals surface area contributed by atoms with Crippen LogP contribution in [0.4, 0.5) is 10.5 Å². The number of anilines is 1. The molecule has 1 aliphatic rings. The number of amides is 2. The second-order valence-electron chi connectivity index (χ2n) is 10.7. The topological polar surface area (TPSA) is 164 Å². The van der Waals surface area contributed by atoms with Crippen LogP contribution in [0.2, 0.25) is 0 Å². The molecular weight excluding hydrogens is 616 g/mol. The number of carbonyl (C=O) groups is 2. The monoisotopic (exact) mass is 658 g/mol. The highest BCUT2D eigenvalue weighted by atomic mass is 16.7. The number of carboxylic acid groups (broad SMARTS) is 1. The van der Waals surface area contributed by atoms with Crippen LogP contribution in [0.25, 0.3) is 11.3 Å². The number of benzene rings is 2. The number of methoxy groups -OCH3 is 2. The Bertz CT molecular complexity index is 1420. The number of hydrogen-bond acceptors (Lipinski definition) is 12. The summed E-state index contributed by atoms with van der Waals surface area (Å²) >= 11 is 0. The lowest BCUT2D eigenvalue weighted by atomic mass is 10.1. The van der Waals surface area contributed by atoms with E-state index in [9.17, 15) is 14.7 Å². The highest BCUT2D eigenvalue weighted by Gasteiger charge is 2.27. The van der Waals surface area contributed by atoms with Gasteiger partial charge >= 0.3 is 6.09 Å². The first-order valence-electron chi connectivity index (χ1n) is 15.1. The van der Waals surface area contributed by atoms with Crippen LogP contribution in [0.1, 0.15) is 23.3 Å². The van der Waals surface area contributed by atoms with Crippen molar-refractivity contribution in [2.24, 2.45) is 0 Å². The van der Waals surface area contributed by atoms with Crippen LogP contribution < -0.4 is 24.4 Å². The van der Waals surface area contributed by atoms with Crippen molar-refractivity contribution in [1.82, 2.24) is 15.4 Å². The fourth-order valence-electron chi connectivity index (χ4n) is 4.62. The zero-order valence-electron chi connectivity index (χ0n) is 27.1. The van der Waals surface area contributed by atoms with Crippen molar-refractivity contribution in [2.45, 2.75) is 18.9 Å². The minimum Gasteiger partial charge on any atom is -0.467 e. The zero-order chi connectivity index (χ0) is 33.6. The Labute approximate surface area is 273 Å². The van der Waals surface area contributed by atoms with Crippen LogP contribution in [0.15, 0.2) is 47.0 Å². The Kier molecular flexibility index (Phi) is 13.5. The SMILES string of the molecule is COCCOCOc1cc(OCOCCOC)c(-c2cc(C(=O)NC3CCN(C(=O)O)CC3)no2)c(Oc2ccc(N(C)C)cc2)c1. The number of aromatic nitrogens is 1. The first-order chi connectivity index (χ1) is 22.8. The standard InChI is InChI=1S/C32H42N4O11/c1-35(2)23-5-7-24(8-6-23)46-28-18-25(44-20-42-15-13-40-3)17-27(45-21-43-16-14-41-4)30(28)29-19-26(34-47-29)31(37)33-22-9-11-36(12-10-22)32(38)39/h5-8,17-19,22H,9-16,20-21H2,1-4H3,(H,33,37)(H,38,39). The number of likely N-dealkylation sites (tertiary alicyclic amines) is 1. The smallest absolute Gasteiger partial charge is 0.407 e. The molecule has 0 atom stereocenters. The molecule has 1 aliphatic heterocycles. The van der Waals surface area contributed by atoms with Gasteiger partial charge in [-0.1, -0.05) is 5.16 Å². The van der Waals surface area contributed by atoms with Crippen molar-refractivity contribution in [3.8, 4) is 34.3 Å². The van der Waals surface area contributed by atoms with E-state index in [2.05, 4.69) is 10.5 Å². The molecule has 47 heavy (non-hydrogen) atoms. The Balaban J connectivity index is 1.63.